The van der Waals surface area contributed by atoms with Crippen LogP contribution in [0.15, 0.2) is 82.2 Å². The molecule has 1 heterocycles. The molecule has 0 aliphatic carbocycles. The number of nitrogens with zero attached hydrogens (tertiary/aromatic N) is 1. The maximum atomic E-state index is 13.2. The number of anilines is 2. The van der Waals surface area contributed by atoms with Gasteiger partial charge in [0.05, 0.1) is 27.5 Å². The van der Waals surface area contributed by atoms with Gasteiger partial charge in [0.2, 0.25) is 0 Å². The van der Waals surface area contributed by atoms with E-state index < -0.39 is 21.7 Å². The molecule has 0 spiro atoms. The normalized spacial score (nSPS) is 11.2. The maximum absolute atomic E-state index is 13.2. The highest BCUT2D eigenvalue weighted by molar-refractivity contribution is 7.92. The molecule has 1 amide bonds. The van der Waals surface area contributed by atoms with Crippen molar-refractivity contribution in [3.05, 3.63) is 101 Å². The molecular weight excluding hydrogens is 473 g/mol. The molecule has 0 fully saturated rings. The molecule has 4 rings (SSSR count). The minimum atomic E-state index is -3.99. The Hall–Kier alpha value is -4.18. The van der Waals surface area contributed by atoms with Crippen LogP contribution in [0.5, 0.6) is 5.75 Å². The number of benzene rings is 3. The summed E-state index contributed by atoms with van der Waals surface area (Å²) in [6.07, 6.45) is 0. The van der Waals surface area contributed by atoms with Crippen LogP contribution in [-0.4, -0.2) is 19.5 Å². The second-order valence-electron chi connectivity index (χ2n) is 7.67. The molecule has 1 aromatic heterocycles. The van der Waals surface area contributed by atoms with Crippen molar-refractivity contribution in [3.63, 3.8) is 0 Å². The van der Waals surface area contributed by atoms with E-state index in [2.05, 4.69) is 15.2 Å². The molecule has 0 aliphatic rings. The van der Waals surface area contributed by atoms with Gasteiger partial charge < -0.3 is 14.6 Å². The number of nitrogens with one attached hydrogen (secondary N) is 2. The summed E-state index contributed by atoms with van der Waals surface area (Å²) in [6.45, 7) is 3.93. The van der Waals surface area contributed by atoms with E-state index in [4.69, 9.17) is 9.26 Å². The Morgan fingerprint density at radius 1 is 0.971 bits per heavy atom. The van der Waals surface area contributed by atoms with Crippen molar-refractivity contribution in [2.45, 2.75) is 25.3 Å². The van der Waals surface area contributed by atoms with Gasteiger partial charge in [-0.15, -0.1) is 0 Å². The van der Waals surface area contributed by atoms with Gasteiger partial charge in [-0.05, 0) is 74.5 Å². The fourth-order valence-electron chi connectivity index (χ4n) is 3.26. The van der Waals surface area contributed by atoms with E-state index in [-0.39, 0.29) is 22.9 Å². The third-order valence-electron chi connectivity index (χ3n) is 5.22. The van der Waals surface area contributed by atoms with Crippen molar-refractivity contribution in [1.82, 2.24) is 5.16 Å². The van der Waals surface area contributed by atoms with Gasteiger partial charge in [-0.3, -0.25) is 9.52 Å². The summed E-state index contributed by atoms with van der Waals surface area (Å²) < 4.78 is 51.8. The molecule has 35 heavy (non-hydrogen) atoms. The predicted octanol–water partition coefficient (Wildman–Crippen LogP) is 5.06. The van der Waals surface area contributed by atoms with Gasteiger partial charge in [0, 0.05) is 5.56 Å². The van der Waals surface area contributed by atoms with Crippen molar-refractivity contribution in [2.75, 3.05) is 10.0 Å². The Kier molecular flexibility index (Phi) is 6.83. The van der Waals surface area contributed by atoms with Gasteiger partial charge in [-0.25, -0.2) is 12.8 Å². The molecule has 0 saturated carbocycles. The zero-order valence-electron chi connectivity index (χ0n) is 18.9. The molecule has 0 radical (unpaired) electrons. The molecule has 0 unspecified atom stereocenters. The second kappa shape index (κ2) is 9.98. The van der Waals surface area contributed by atoms with Crippen LogP contribution >= 0.6 is 0 Å². The van der Waals surface area contributed by atoms with Crippen molar-refractivity contribution in [1.29, 1.82) is 0 Å². The highest BCUT2D eigenvalue weighted by atomic mass is 32.2. The lowest BCUT2D eigenvalue weighted by atomic mass is 10.2. The van der Waals surface area contributed by atoms with Crippen molar-refractivity contribution >= 4 is 27.3 Å². The van der Waals surface area contributed by atoms with Crippen LogP contribution in [0.4, 0.5) is 15.8 Å². The molecule has 8 nitrogen and oxygen atoms in total. The summed E-state index contributed by atoms with van der Waals surface area (Å²) >= 11 is 0. The van der Waals surface area contributed by atoms with Crippen LogP contribution in [-0.2, 0) is 16.6 Å². The van der Waals surface area contributed by atoms with Crippen LogP contribution in [0.1, 0.15) is 27.4 Å². The monoisotopic (exact) mass is 495 g/mol. The lowest BCUT2D eigenvalue weighted by Crippen LogP contribution is -2.17. The Balaban J connectivity index is 1.44. The summed E-state index contributed by atoms with van der Waals surface area (Å²) in [5, 5.41) is 6.60. The lowest BCUT2D eigenvalue weighted by Gasteiger charge is -2.14. The number of hydrogen-bond donors (Lipinski definition) is 2. The van der Waals surface area contributed by atoms with E-state index in [1.807, 2.05) is 13.8 Å². The molecule has 2 N–H and O–H groups in total. The number of rotatable bonds is 8. The second-order valence-corrected chi connectivity index (χ2v) is 9.36. The molecule has 0 bridgehead atoms. The summed E-state index contributed by atoms with van der Waals surface area (Å²) in [7, 11) is -3.99. The number of para-hydroxylation sites is 2. The quantitative estimate of drug-likeness (QED) is 0.353. The third-order valence-corrected chi connectivity index (χ3v) is 6.61. The largest absolute Gasteiger partial charge is 0.489 e. The molecule has 0 saturated heterocycles. The first kappa shape index (κ1) is 24.0. The Labute approximate surface area is 201 Å². The van der Waals surface area contributed by atoms with Crippen molar-refractivity contribution in [3.8, 4) is 5.75 Å². The number of hydrogen-bond acceptors (Lipinski definition) is 6. The fourth-order valence-corrected chi connectivity index (χ4v) is 4.34. The standard InChI is InChI=1S/C25H22FN3O5S/c1-16-22(17(2)34-28-16)15-33-20-11-7-18(8-12-20)25(30)27-23-5-3-4-6-24(23)29-35(31,32)21-13-9-19(26)10-14-21/h3-14,29H,15H2,1-2H3,(H,27,30). The van der Waals surface area contributed by atoms with Gasteiger partial charge in [0.25, 0.3) is 15.9 Å². The minimum Gasteiger partial charge on any atom is -0.489 e. The zero-order chi connectivity index (χ0) is 25.0. The number of sulfonamides is 1. The van der Waals surface area contributed by atoms with E-state index in [1.165, 1.54) is 6.07 Å². The van der Waals surface area contributed by atoms with Crippen LogP contribution in [0.25, 0.3) is 0 Å². The van der Waals surface area contributed by atoms with Crippen LogP contribution in [0.2, 0.25) is 0 Å². The molecule has 180 valence electrons. The highest BCUT2D eigenvalue weighted by Crippen LogP contribution is 2.26. The van der Waals surface area contributed by atoms with Gasteiger partial charge in [0.1, 0.15) is 23.9 Å². The Bertz CT molecular complexity index is 1430. The smallest absolute Gasteiger partial charge is 0.261 e. The zero-order valence-corrected chi connectivity index (χ0v) is 19.7. The van der Waals surface area contributed by atoms with Gasteiger partial charge in [0.15, 0.2) is 0 Å². The number of aromatic nitrogens is 1. The number of halogens is 1. The maximum Gasteiger partial charge on any atom is 0.261 e. The molecule has 3 aromatic carbocycles. The average Bonchev–Trinajstić information content (AvgIpc) is 3.16. The van der Waals surface area contributed by atoms with E-state index in [9.17, 15) is 17.6 Å². The van der Waals surface area contributed by atoms with E-state index in [0.29, 0.717) is 17.1 Å². The first-order valence-corrected chi connectivity index (χ1v) is 12.0. The Morgan fingerprint density at radius 2 is 1.63 bits per heavy atom. The SMILES string of the molecule is Cc1noc(C)c1COc1ccc(C(=O)Nc2ccccc2NS(=O)(=O)c2ccc(F)cc2)cc1. The summed E-state index contributed by atoms with van der Waals surface area (Å²) in [4.78, 5) is 12.7. The van der Waals surface area contributed by atoms with Crippen LogP contribution in [0.3, 0.4) is 0 Å². The van der Waals surface area contributed by atoms with Gasteiger partial charge >= 0.3 is 0 Å². The molecule has 4 aromatic rings. The number of carbonyl (C=O) groups is 1. The highest BCUT2D eigenvalue weighted by Gasteiger charge is 2.17. The number of aryl methyl sites for hydroxylation is 2. The van der Waals surface area contributed by atoms with Gasteiger partial charge in [-0.1, -0.05) is 17.3 Å². The first-order valence-electron chi connectivity index (χ1n) is 10.6. The average molecular weight is 496 g/mol. The summed E-state index contributed by atoms with van der Waals surface area (Å²) in [5.74, 6) is 0.272. The molecular formula is C25H22FN3O5S. The van der Waals surface area contributed by atoms with Crippen molar-refractivity contribution < 1.29 is 26.9 Å². The van der Waals surface area contributed by atoms with Gasteiger partial charge in [-0.2, -0.15) is 0 Å². The van der Waals surface area contributed by atoms with Crippen molar-refractivity contribution in [2.24, 2.45) is 0 Å². The number of ether oxygens (including phenoxy) is 1. The van der Waals surface area contributed by atoms with Crippen LogP contribution in [0, 0.1) is 19.7 Å². The van der Waals surface area contributed by atoms with E-state index in [0.717, 1.165) is 35.5 Å². The molecule has 0 aliphatic heterocycles. The third kappa shape index (κ3) is 5.67. The Morgan fingerprint density at radius 3 is 2.26 bits per heavy atom. The first-order chi connectivity index (χ1) is 16.7. The van der Waals surface area contributed by atoms with Crippen LogP contribution < -0.4 is 14.8 Å². The fraction of sp³-hybridized carbons (Fsp3) is 0.120. The van der Waals surface area contributed by atoms with E-state index in [1.54, 1.807) is 42.5 Å². The molecule has 0 atom stereocenters. The summed E-state index contributed by atoms with van der Waals surface area (Å²) in [5.41, 5.74) is 2.41. The predicted molar refractivity (Wildman–Crippen MR) is 128 cm³/mol. The summed E-state index contributed by atoms with van der Waals surface area (Å²) in [6, 6.07) is 17.3. The number of carbonyl (C=O) groups excluding carboxylic acids is 1. The minimum absolute atomic E-state index is 0.104. The van der Waals surface area contributed by atoms with E-state index >= 15 is 0 Å². The number of amides is 1. The lowest BCUT2D eigenvalue weighted by molar-refractivity contribution is 0.102. The topological polar surface area (TPSA) is 111 Å². The molecule has 10 heteroatoms.